The first kappa shape index (κ1) is 22.6. The molecule has 32 heavy (non-hydrogen) atoms. The minimum atomic E-state index is -1.95. The predicted octanol–water partition coefficient (Wildman–Crippen LogP) is 3.45. The Morgan fingerprint density at radius 3 is 2.59 bits per heavy atom. The molecule has 4 aliphatic rings. The van der Waals surface area contributed by atoms with Crippen molar-refractivity contribution in [2.45, 2.75) is 52.1 Å². The fraction of sp³-hybridized carbons (Fsp3) is 0.600. The maximum Gasteiger partial charge on any atom is 0.312 e. The Balaban J connectivity index is 1.78. The molecule has 0 amide bonds. The van der Waals surface area contributed by atoms with E-state index < -0.39 is 40.3 Å². The second-order valence-electron chi connectivity index (χ2n) is 9.88. The molecule has 0 saturated heterocycles. The molecule has 0 spiro atoms. The lowest BCUT2D eigenvalue weighted by molar-refractivity contribution is -0.186. The molecule has 7 heteroatoms. The Hall–Kier alpha value is -2.57. The average Bonchev–Trinajstić information content (AvgIpc) is 3.09. The second-order valence-corrected chi connectivity index (χ2v) is 9.88. The van der Waals surface area contributed by atoms with Crippen LogP contribution < -0.4 is 0 Å². The first-order chi connectivity index (χ1) is 15.0. The molecular weight excluding hydrogens is 415 g/mol. The van der Waals surface area contributed by atoms with Gasteiger partial charge in [-0.3, -0.25) is 19.2 Å². The summed E-state index contributed by atoms with van der Waals surface area (Å²) < 4.78 is 27.4. The molecule has 0 N–H and O–H groups in total. The third-order valence-corrected chi connectivity index (χ3v) is 8.45. The zero-order valence-corrected chi connectivity index (χ0v) is 18.9. The number of carbonyl (C=O) groups excluding carboxylic acids is 4. The monoisotopic (exact) mass is 444 g/mol. The minimum Gasteiger partial charge on any atom is -0.469 e. The molecule has 0 aromatic rings. The lowest BCUT2D eigenvalue weighted by Gasteiger charge is -2.62. The number of hydrogen-bond acceptors (Lipinski definition) is 6. The van der Waals surface area contributed by atoms with Gasteiger partial charge in [0.25, 0.3) is 0 Å². The number of ketones is 2. The summed E-state index contributed by atoms with van der Waals surface area (Å²) in [5.41, 5.74) is -2.58. The van der Waals surface area contributed by atoms with Crippen molar-refractivity contribution in [1.82, 2.24) is 0 Å². The number of hydrogen-bond donors (Lipinski definition) is 0. The van der Waals surface area contributed by atoms with Gasteiger partial charge in [0.05, 0.1) is 13.0 Å². The molecule has 6 atom stereocenters. The fourth-order valence-corrected chi connectivity index (χ4v) is 6.91. The number of carbonyl (C=O) groups is 4. The summed E-state index contributed by atoms with van der Waals surface area (Å²) in [4.78, 5) is 49.1. The van der Waals surface area contributed by atoms with Gasteiger partial charge in [-0.25, -0.2) is 4.39 Å². The first-order valence-corrected chi connectivity index (χ1v) is 11.1. The number of alkyl halides is 1. The van der Waals surface area contributed by atoms with Gasteiger partial charge in [0.15, 0.2) is 18.2 Å². The SMILES string of the molecule is COC(=O)C1C[C@]2(C)C(C(=O)COC(C)=O)=CCC2C2CCC3=CC(=O)C=C[C@]3(C)[C@@]12F. The van der Waals surface area contributed by atoms with Gasteiger partial charge < -0.3 is 9.47 Å². The molecule has 0 radical (unpaired) electrons. The minimum absolute atomic E-state index is 0.111. The van der Waals surface area contributed by atoms with Crippen molar-refractivity contribution in [3.8, 4) is 0 Å². The van der Waals surface area contributed by atoms with Crippen LogP contribution in [0.5, 0.6) is 0 Å². The fourth-order valence-electron chi connectivity index (χ4n) is 6.91. The molecule has 172 valence electrons. The lowest BCUT2D eigenvalue weighted by Crippen LogP contribution is -2.66. The van der Waals surface area contributed by atoms with Gasteiger partial charge in [0.1, 0.15) is 5.67 Å². The quantitative estimate of drug-likeness (QED) is 0.618. The van der Waals surface area contributed by atoms with Crippen LogP contribution in [-0.4, -0.2) is 42.9 Å². The zero-order valence-electron chi connectivity index (χ0n) is 18.9. The van der Waals surface area contributed by atoms with E-state index in [-0.39, 0.29) is 30.5 Å². The molecule has 3 unspecified atom stereocenters. The zero-order chi connectivity index (χ0) is 23.5. The lowest BCUT2D eigenvalue weighted by atomic mass is 9.43. The van der Waals surface area contributed by atoms with Gasteiger partial charge in [0.2, 0.25) is 0 Å². The van der Waals surface area contributed by atoms with Crippen LogP contribution in [0.25, 0.3) is 0 Å². The van der Waals surface area contributed by atoms with Crippen LogP contribution >= 0.6 is 0 Å². The van der Waals surface area contributed by atoms with E-state index in [0.29, 0.717) is 30.4 Å². The van der Waals surface area contributed by atoms with Gasteiger partial charge in [-0.15, -0.1) is 0 Å². The smallest absolute Gasteiger partial charge is 0.312 e. The van der Waals surface area contributed by atoms with E-state index >= 15 is 4.39 Å². The number of Topliss-reactive ketones (excluding diaryl/α,β-unsaturated/α-hetero) is 1. The number of methoxy groups -OCH3 is 1. The number of ether oxygens (including phenoxy) is 2. The summed E-state index contributed by atoms with van der Waals surface area (Å²) >= 11 is 0. The second kappa shape index (κ2) is 7.49. The number of fused-ring (bicyclic) bond motifs is 5. The predicted molar refractivity (Wildman–Crippen MR) is 113 cm³/mol. The summed E-state index contributed by atoms with van der Waals surface area (Å²) in [6, 6.07) is 0. The number of esters is 2. The maximum atomic E-state index is 17.5. The standard InChI is InChI=1S/C25H29FO6/c1-14(27)32-13-21(29)19-8-7-17-18-6-5-15-11-16(28)9-10-24(15,3)25(18,26)20(22(30)31-4)12-23(17,19)2/h8-11,17-18,20H,5-7,12-13H2,1-4H3/t17?,18?,20?,23-,24-,25-/m0/s1. The summed E-state index contributed by atoms with van der Waals surface area (Å²) in [5, 5.41) is 0. The molecular formula is C25H29FO6. The number of halogens is 1. The van der Waals surface area contributed by atoms with Crippen LogP contribution in [0, 0.1) is 28.6 Å². The summed E-state index contributed by atoms with van der Waals surface area (Å²) in [6.07, 6.45) is 7.98. The molecule has 0 aliphatic heterocycles. The Labute approximate surface area is 186 Å². The molecule has 4 aliphatic carbocycles. The third kappa shape index (κ3) is 2.96. The van der Waals surface area contributed by atoms with Gasteiger partial charge >= 0.3 is 11.9 Å². The van der Waals surface area contributed by atoms with Crippen LogP contribution in [0.15, 0.2) is 35.5 Å². The highest BCUT2D eigenvalue weighted by atomic mass is 19.1. The van der Waals surface area contributed by atoms with Gasteiger partial charge in [-0.1, -0.05) is 24.6 Å². The maximum absolute atomic E-state index is 17.5. The van der Waals surface area contributed by atoms with Crippen LogP contribution in [0.2, 0.25) is 0 Å². The molecule has 2 saturated carbocycles. The molecule has 4 rings (SSSR count). The normalized spacial score (nSPS) is 39.8. The highest BCUT2D eigenvalue weighted by molar-refractivity contribution is 6.01. The molecule has 0 aromatic carbocycles. The highest BCUT2D eigenvalue weighted by Crippen LogP contribution is 2.69. The van der Waals surface area contributed by atoms with Crippen LogP contribution in [0.3, 0.4) is 0 Å². The van der Waals surface area contributed by atoms with Crippen molar-refractivity contribution in [2.24, 2.45) is 28.6 Å². The molecule has 2 fully saturated rings. The first-order valence-electron chi connectivity index (χ1n) is 11.1. The molecule has 0 aromatic heterocycles. The van der Waals surface area contributed by atoms with E-state index in [2.05, 4.69) is 0 Å². The number of rotatable bonds is 4. The van der Waals surface area contributed by atoms with Crippen molar-refractivity contribution in [3.63, 3.8) is 0 Å². The van der Waals surface area contributed by atoms with Crippen molar-refractivity contribution in [3.05, 3.63) is 35.5 Å². The van der Waals surface area contributed by atoms with E-state index in [1.807, 2.05) is 13.0 Å². The van der Waals surface area contributed by atoms with E-state index in [1.54, 1.807) is 13.0 Å². The van der Waals surface area contributed by atoms with E-state index in [0.717, 1.165) is 0 Å². The summed E-state index contributed by atoms with van der Waals surface area (Å²) in [7, 11) is 1.24. The van der Waals surface area contributed by atoms with E-state index in [4.69, 9.17) is 9.47 Å². The van der Waals surface area contributed by atoms with Gasteiger partial charge in [-0.2, -0.15) is 0 Å². The van der Waals surface area contributed by atoms with E-state index in [9.17, 15) is 19.2 Å². The molecule has 6 nitrogen and oxygen atoms in total. The van der Waals surface area contributed by atoms with Crippen molar-refractivity contribution in [1.29, 1.82) is 0 Å². The third-order valence-electron chi connectivity index (χ3n) is 8.45. The highest BCUT2D eigenvalue weighted by Gasteiger charge is 2.71. The van der Waals surface area contributed by atoms with E-state index in [1.165, 1.54) is 26.2 Å². The Morgan fingerprint density at radius 1 is 1.22 bits per heavy atom. The Morgan fingerprint density at radius 2 is 1.94 bits per heavy atom. The topological polar surface area (TPSA) is 86.7 Å². The molecule has 0 bridgehead atoms. The Kier molecular flexibility index (Phi) is 5.30. The van der Waals surface area contributed by atoms with Crippen molar-refractivity contribution < 1.29 is 33.0 Å². The van der Waals surface area contributed by atoms with Crippen LogP contribution in [0.1, 0.15) is 46.5 Å². The van der Waals surface area contributed by atoms with Crippen LogP contribution in [-0.2, 0) is 28.7 Å². The average molecular weight is 444 g/mol. The largest absolute Gasteiger partial charge is 0.469 e. The van der Waals surface area contributed by atoms with Crippen molar-refractivity contribution in [2.75, 3.05) is 13.7 Å². The molecule has 0 heterocycles. The number of allylic oxidation sites excluding steroid dienone is 5. The Bertz CT molecular complexity index is 992. The van der Waals surface area contributed by atoms with Gasteiger partial charge in [-0.05, 0) is 56.6 Å². The van der Waals surface area contributed by atoms with Gasteiger partial charge in [0, 0.05) is 23.3 Å². The summed E-state index contributed by atoms with van der Waals surface area (Å²) in [6.45, 7) is 4.54. The summed E-state index contributed by atoms with van der Waals surface area (Å²) in [5.74, 6) is -3.47. The van der Waals surface area contributed by atoms with Crippen LogP contribution in [0.4, 0.5) is 4.39 Å². The van der Waals surface area contributed by atoms with Crippen molar-refractivity contribution >= 4 is 23.5 Å².